The van der Waals surface area contributed by atoms with Crippen LogP contribution in [0.1, 0.15) is 11.5 Å². The zero-order valence-corrected chi connectivity index (χ0v) is 16.6. The molecular weight excluding hydrogens is 410 g/mol. The topological polar surface area (TPSA) is 79.5 Å². The standard InChI is InChI=1S/C18H11N7S3/c1-2-4-10(5-3-1)25-6-14-22-15(25)13-9-28-18(21-13)24-17-20-12(8-27-17)11-7-26-16(19-11)23-14/h1-9H,(H,19,23)(H,20,21,24). The quantitative estimate of drug-likeness (QED) is 0.610. The molecule has 3 aliphatic rings. The number of hydrogen-bond acceptors (Lipinski definition) is 9. The molecular formula is C18H11N7S3. The second-order valence-corrected chi connectivity index (χ2v) is 8.58. The number of aliphatic imine (C=N–C) groups is 2. The van der Waals surface area contributed by atoms with Crippen LogP contribution in [0.3, 0.4) is 0 Å². The summed E-state index contributed by atoms with van der Waals surface area (Å²) in [7, 11) is 0. The summed E-state index contributed by atoms with van der Waals surface area (Å²) in [6.07, 6.45) is 1.94. The van der Waals surface area contributed by atoms with E-state index >= 15 is 0 Å². The van der Waals surface area contributed by atoms with Crippen LogP contribution in [0.25, 0.3) is 17.1 Å². The molecule has 28 heavy (non-hydrogen) atoms. The molecule has 5 heterocycles. The Balaban J connectivity index is 1.52. The van der Waals surface area contributed by atoms with Crippen LogP contribution in [0, 0.1) is 0 Å². The zero-order valence-electron chi connectivity index (χ0n) is 14.2. The Labute approximate surface area is 172 Å². The number of para-hydroxylation sites is 1. The van der Waals surface area contributed by atoms with Gasteiger partial charge in [-0.3, -0.25) is 4.57 Å². The number of imidazole rings is 1. The van der Waals surface area contributed by atoms with Crippen LogP contribution in [-0.4, -0.2) is 24.9 Å². The number of aromatic nitrogens is 3. The fourth-order valence-electron chi connectivity index (χ4n) is 2.95. The summed E-state index contributed by atoms with van der Waals surface area (Å²) >= 11 is 4.57. The predicted octanol–water partition coefficient (Wildman–Crippen LogP) is 4.29. The lowest BCUT2D eigenvalue weighted by atomic mass is 10.3. The summed E-state index contributed by atoms with van der Waals surface area (Å²) in [4.78, 5) is 18.7. The van der Waals surface area contributed by atoms with E-state index in [1.165, 1.54) is 34.9 Å². The molecule has 8 bridgehead atoms. The molecule has 1 aromatic carbocycles. The van der Waals surface area contributed by atoms with Crippen LogP contribution in [0.4, 0.5) is 10.9 Å². The molecule has 0 radical (unpaired) electrons. The molecule has 136 valence electrons. The van der Waals surface area contributed by atoms with Crippen molar-refractivity contribution in [2.45, 2.75) is 0 Å². The molecule has 0 fully saturated rings. The highest BCUT2D eigenvalue weighted by atomic mass is 32.2. The maximum Gasteiger partial charge on any atom is 0.212 e. The lowest BCUT2D eigenvalue weighted by molar-refractivity contribution is 1.01. The maximum absolute atomic E-state index is 4.77. The fraction of sp³-hybridized carbons (Fsp3) is 0. The Hall–Kier alpha value is -2.82. The molecule has 3 aliphatic heterocycles. The number of thiazole rings is 1. The Morgan fingerprint density at radius 1 is 0.857 bits per heavy atom. The van der Waals surface area contributed by atoms with E-state index in [1.54, 1.807) is 0 Å². The first-order valence-corrected chi connectivity index (χ1v) is 11.0. The van der Waals surface area contributed by atoms with E-state index in [0.29, 0.717) is 10.9 Å². The van der Waals surface area contributed by atoms with Gasteiger partial charge in [0.15, 0.2) is 22.0 Å². The van der Waals surface area contributed by atoms with E-state index in [2.05, 4.69) is 20.6 Å². The summed E-state index contributed by atoms with van der Waals surface area (Å²) in [6, 6.07) is 10.1. The number of nitrogens with one attached hydrogen (secondary N) is 2. The van der Waals surface area contributed by atoms with Crippen LogP contribution >= 0.6 is 34.9 Å². The molecule has 0 aliphatic carbocycles. The number of benzene rings is 1. The number of nitrogens with zero attached hydrogens (tertiary/aromatic N) is 5. The average molecular weight is 422 g/mol. The van der Waals surface area contributed by atoms with Gasteiger partial charge in [0, 0.05) is 21.9 Å². The Morgan fingerprint density at radius 3 is 2.54 bits per heavy atom. The minimum Gasteiger partial charge on any atom is -0.332 e. The van der Waals surface area contributed by atoms with E-state index in [4.69, 9.17) is 9.98 Å². The van der Waals surface area contributed by atoms with Crippen molar-refractivity contribution in [1.29, 1.82) is 0 Å². The molecule has 0 saturated heterocycles. The summed E-state index contributed by atoms with van der Waals surface area (Å²) in [6.45, 7) is 0. The summed E-state index contributed by atoms with van der Waals surface area (Å²) in [5.41, 5.74) is 3.70. The molecule has 0 spiro atoms. The third kappa shape index (κ3) is 2.77. The van der Waals surface area contributed by atoms with Gasteiger partial charge in [-0.2, -0.15) is 4.99 Å². The van der Waals surface area contributed by atoms with Crippen molar-refractivity contribution in [3.63, 3.8) is 0 Å². The average Bonchev–Trinajstić information content (AvgIpc) is 3.49. The first-order valence-electron chi connectivity index (χ1n) is 8.38. The van der Waals surface area contributed by atoms with Crippen molar-refractivity contribution in [2.75, 3.05) is 0 Å². The van der Waals surface area contributed by atoms with Gasteiger partial charge in [-0.1, -0.05) is 41.7 Å². The summed E-state index contributed by atoms with van der Waals surface area (Å²) in [5, 5.41) is 15.0. The normalized spacial score (nSPS) is 17.0. The van der Waals surface area contributed by atoms with Gasteiger partial charge in [-0.15, -0.1) is 11.3 Å². The van der Waals surface area contributed by atoms with Gasteiger partial charge >= 0.3 is 0 Å². The third-order valence-corrected chi connectivity index (χ3v) is 6.48. The third-order valence-electron chi connectivity index (χ3n) is 4.21. The molecule has 2 N–H and O–H groups in total. The van der Waals surface area contributed by atoms with Crippen LogP contribution in [-0.2, 0) is 0 Å². The van der Waals surface area contributed by atoms with Gasteiger partial charge in [-0.05, 0) is 12.1 Å². The van der Waals surface area contributed by atoms with E-state index in [-0.39, 0.29) is 0 Å². The smallest absolute Gasteiger partial charge is 0.212 e. The Morgan fingerprint density at radius 2 is 1.64 bits per heavy atom. The van der Waals surface area contributed by atoms with Gasteiger partial charge in [-0.25, -0.2) is 15.0 Å². The second kappa shape index (κ2) is 6.36. The Kier molecular flexibility index (Phi) is 3.67. The second-order valence-electron chi connectivity index (χ2n) is 6.03. The number of hydrogen-bond donors (Lipinski definition) is 2. The highest BCUT2D eigenvalue weighted by molar-refractivity contribution is 8.17. The van der Waals surface area contributed by atoms with Crippen molar-refractivity contribution >= 4 is 67.5 Å². The molecule has 2 aromatic heterocycles. The molecule has 10 heteroatoms. The van der Waals surface area contributed by atoms with Crippen LogP contribution in [0.15, 0.2) is 62.7 Å². The minimum absolute atomic E-state index is 0.637. The van der Waals surface area contributed by atoms with Crippen molar-refractivity contribution in [1.82, 2.24) is 25.2 Å². The van der Waals surface area contributed by atoms with E-state index < -0.39 is 0 Å². The van der Waals surface area contributed by atoms with Crippen LogP contribution in [0.2, 0.25) is 0 Å². The molecule has 3 aromatic rings. The lowest BCUT2D eigenvalue weighted by Gasteiger charge is -2.08. The van der Waals surface area contributed by atoms with Gasteiger partial charge in [0.1, 0.15) is 5.69 Å². The highest BCUT2D eigenvalue weighted by Crippen LogP contribution is 2.33. The van der Waals surface area contributed by atoms with Crippen molar-refractivity contribution in [3.8, 4) is 5.69 Å². The van der Waals surface area contributed by atoms with Gasteiger partial charge in [0.05, 0.1) is 17.6 Å². The van der Waals surface area contributed by atoms with Gasteiger partial charge in [0.2, 0.25) is 5.13 Å². The SMILES string of the molecule is C1=C2NC(=Nc3cn(-c4ccccc4)c(n3)C3=CSC(=Nc4nc2cs4)N3)S1. The van der Waals surface area contributed by atoms with Gasteiger partial charge < -0.3 is 10.6 Å². The van der Waals surface area contributed by atoms with Crippen molar-refractivity contribution in [3.05, 3.63) is 64.2 Å². The molecule has 0 amide bonds. The number of thioether (sulfide) groups is 2. The largest absolute Gasteiger partial charge is 0.332 e. The molecule has 6 rings (SSSR count). The summed E-state index contributed by atoms with van der Waals surface area (Å²) < 4.78 is 2.04. The van der Waals surface area contributed by atoms with Crippen LogP contribution in [0.5, 0.6) is 0 Å². The first-order chi connectivity index (χ1) is 13.8. The molecule has 7 nitrogen and oxygen atoms in total. The predicted molar refractivity (Wildman–Crippen MR) is 117 cm³/mol. The molecule has 0 atom stereocenters. The van der Waals surface area contributed by atoms with E-state index in [9.17, 15) is 0 Å². The van der Waals surface area contributed by atoms with Gasteiger partial charge in [0.25, 0.3) is 0 Å². The van der Waals surface area contributed by atoms with Crippen LogP contribution < -0.4 is 10.6 Å². The number of fused-ring (bicyclic) bond motifs is 10. The highest BCUT2D eigenvalue weighted by Gasteiger charge is 2.22. The molecule has 0 unspecified atom stereocenters. The van der Waals surface area contributed by atoms with E-state index in [1.807, 2.05) is 57.3 Å². The summed E-state index contributed by atoms with van der Waals surface area (Å²) in [5.74, 6) is 1.42. The number of amidine groups is 2. The zero-order chi connectivity index (χ0) is 18.5. The monoisotopic (exact) mass is 421 g/mol. The maximum atomic E-state index is 4.77. The number of rotatable bonds is 1. The van der Waals surface area contributed by atoms with E-state index in [0.717, 1.165) is 38.9 Å². The lowest BCUT2D eigenvalue weighted by Crippen LogP contribution is -2.16. The minimum atomic E-state index is 0.637. The Bertz CT molecular complexity index is 1220. The fourth-order valence-corrected chi connectivity index (χ4v) is 5.12. The van der Waals surface area contributed by atoms with Crippen molar-refractivity contribution < 1.29 is 0 Å². The van der Waals surface area contributed by atoms with Crippen molar-refractivity contribution in [2.24, 2.45) is 9.98 Å². The molecule has 0 saturated carbocycles. The first kappa shape index (κ1) is 16.2.